The van der Waals surface area contributed by atoms with Gasteiger partial charge in [-0.15, -0.1) is 11.3 Å². The molecule has 1 aromatic heterocycles. The average molecular weight is 296 g/mol. The smallest absolute Gasteiger partial charge is 0.274 e. The van der Waals surface area contributed by atoms with Crippen LogP contribution in [0, 0.1) is 5.41 Å². The number of nitrogens with zero attached hydrogens (tertiary/aromatic N) is 1. The van der Waals surface area contributed by atoms with Crippen molar-refractivity contribution in [3.8, 4) is 0 Å². The second kappa shape index (κ2) is 5.34. The number of rotatable bonds is 0. The Morgan fingerprint density at radius 3 is 2.57 bits per heavy atom. The molecule has 104 valence electrons. The van der Waals surface area contributed by atoms with E-state index >= 15 is 0 Å². The average Bonchev–Trinajstić information content (AvgIpc) is 3.06. The molecule has 2 aromatic carbocycles. The fraction of sp³-hybridized carbons (Fsp3) is 0. The molecule has 1 amide bonds. The van der Waals surface area contributed by atoms with Gasteiger partial charge < -0.3 is 11.1 Å². The van der Waals surface area contributed by atoms with Crippen LogP contribution in [0.15, 0.2) is 48.0 Å². The minimum absolute atomic E-state index is 0.0369. The van der Waals surface area contributed by atoms with Crippen LogP contribution in [0.5, 0.6) is 0 Å². The van der Waals surface area contributed by atoms with Crippen LogP contribution in [0.25, 0.3) is 10.2 Å². The van der Waals surface area contributed by atoms with Gasteiger partial charge in [0.15, 0.2) is 0 Å². The highest BCUT2D eigenvalue weighted by atomic mass is 32.1. The highest BCUT2D eigenvalue weighted by Gasteiger charge is 2.27. The van der Waals surface area contributed by atoms with Crippen molar-refractivity contribution in [2.24, 2.45) is 0 Å². The molecule has 1 aliphatic rings. The first-order valence-corrected chi connectivity index (χ1v) is 7.12. The number of amides is 1. The normalized spacial score (nSPS) is 12.6. The second-order valence-corrected chi connectivity index (χ2v) is 5.28. The molecule has 4 N–H and O–H groups in total. The monoisotopic (exact) mass is 296 g/mol. The number of para-hydroxylation sites is 1. The van der Waals surface area contributed by atoms with Crippen LogP contribution in [0.2, 0.25) is 0 Å². The number of nitrogen functional groups attached to an aromatic ring is 1. The number of fused-ring (bicyclic) bond motifs is 3. The standard InChI is InChI=1S/C9H5N3OS.C6H7N/c10-7-6-4(12-9(7)13)1-2-5-8(6)14-3-11-5;7-6-4-2-1-3-5-6/h1-3H,(H2,10,12,13);1-5H,7H2. The third kappa shape index (κ3) is 2.48. The molecule has 0 saturated carbocycles. The number of nitrogens with two attached hydrogens (primary N) is 1. The van der Waals surface area contributed by atoms with Crippen molar-refractivity contribution in [2.45, 2.75) is 0 Å². The van der Waals surface area contributed by atoms with E-state index in [2.05, 4.69) is 10.3 Å². The maximum absolute atomic E-state index is 11.2. The molecule has 0 fully saturated rings. The van der Waals surface area contributed by atoms with Crippen LogP contribution in [0.1, 0.15) is 5.56 Å². The Bertz CT molecular complexity index is 826. The van der Waals surface area contributed by atoms with E-state index in [0.29, 0.717) is 5.56 Å². The predicted octanol–water partition coefficient (Wildman–Crippen LogP) is 2.89. The molecule has 0 saturated heterocycles. The highest BCUT2D eigenvalue weighted by Crippen LogP contribution is 2.32. The zero-order valence-corrected chi connectivity index (χ0v) is 11.8. The number of thiazole rings is 1. The molecular formula is C15H12N4OS. The molecule has 3 aromatic rings. The summed E-state index contributed by atoms with van der Waals surface area (Å²) in [5, 5.41) is 10.3. The van der Waals surface area contributed by atoms with Gasteiger partial charge in [-0.05, 0) is 24.3 Å². The molecule has 1 aliphatic heterocycles. The number of carbonyl (C=O) groups is 1. The number of benzene rings is 2. The van der Waals surface area contributed by atoms with Gasteiger partial charge in [0.2, 0.25) is 0 Å². The van der Waals surface area contributed by atoms with E-state index in [0.717, 1.165) is 21.6 Å². The predicted molar refractivity (Wildman–Crippen MR) is 85.9 cm³/mol. The van der Waals surface area contributed by atoms with Crippen molar-refractivity contribution in [1.29, 1.82) is 5.41 Å². The van der Waals surface area contributed by atoms with Crippen molar-refractivity contribution < 1.29 is 4.79 Å². The largest absolute Gasteiger partial charge is 0.399 e. The summed E-state index contributed by atoms with van der Waals surface area (Å²) in [6.07, 6.45) is 0. The maximum Gasteiger partial charge on any atom is 0.274 e. The first-order valence-electron chi connectivity index (χ1n) is 6.24. The third-order valence-electron chi connectivity index (χ3n) is 3.02. The lowest BCUT2D eigenvalue weighted by molar-refractivity contribution is -0.110. The van der Waals surface area contributed by atoms with Gasteiger partial charge in [0, 0.05) is 11.3 Å². The first kappa shape index (κ1) is 13.3. The highest BCUT2D eigenvalue weighted by molar-refractivity contribution is 7.17. The van der Waals surface area contributed by atoms with Crippen LogP contribution >= 0.6 is 11.3 Å². The van der Waals surface area contributed by atoms with Crippen LogP contribution in [0.4, 0.5) is 11.4 Å². The van der Waals surface area contributed by atoms with Gasteiger partial charge in [0.05, 0.1) is 21.4 Å². The Morgan fingerprint density at radius 2 is 1.90 bits per heavy atom. The Kier molecular flexibility index (Phi) is 3.37. The summed E-state index contributed by atoms with van der Waals surface area (Å²) in [7, 11) is 0. The van der Waals surface area contributed by atoms with Crippen LogP contribution in [-0.4, -0.2) is 16.6 Å². The Balaban J connectivity index is 0.000000160. The second-order valence-electron chi connectivity index (χ2n) is 4.43. The Labute approximate surface area is 124 Å². The van der Waals surface area contributed by atoms with Crippen molar-refractivity contribution >= 4 is 44.5 Å². The van der Waals surface area contributed by atoms with Crippen molar-refractivity contribution in [3.05, 3.63) is 53.5 Å². The molecule has 0 radical (unpaired) electrons. The minimum Gasteiger partial charge on any atom is -0.399 e. The maximum atomic E-state index is 11.2. The molecule has 21 heavy (non-hydrogen) atoms. The van der Waals surface area contributed by atoms with E-state index in [4.69, 9.17) is 11.1 Å². The fourth-order valence-electron chi connectivity index (χ4n) is 2.03. The molecule has 0 spiro atoms. The number of hydrogen-bond donors (Lipinski definition) is 3. The molecule has 4 rings (SSSR count). The molecule has 2 heterocycles. The van der Waals surface area contributed by atoms with E-state index in [-0.39, 0.29) is 11.6 Å². The summed E-state index contributed by atoms with van der Waals surface area (Å²) in [6.45, 7) is 0. The summed E-state index contributed by atoms with van der Waals surface area (Å²) in [5.41, 5.74) is 10.2. The minimum atomic E-state index is -0.332. The van der Waals surface area contributed by atoms with Crippen molar-refractivity contribution in [2.75, 3.05) is 11.1 Å². The van der Waals surface area contributed by atoms with Crippen LogP contribution in [0.3, 0.4) is 0 Å². The number of hydrogen-bond acceptors (Lipinski definition) is 5. The molecule has 0 bridgehead atoms. The number of carbonyl (C=O) groups excluding carboxylic acids is 1. The number of aromatic nitrogens is 1. The Hall–Kier alpha value is -2.73. The number of nitrogens with one attached hydrogen (secondary N) is 2. The topological polar surface area (TPSA) is 91.9 Å². The van der Waals surface area contributed by atoms with Gasteiger partial charge in [-0.3, -0.25) is 10.2 Å². The van der Waals surface area contributed by atoms with E-state index in [9.17, 15) is 4.79 Å². The lowest BCUT2D eigenvalue weighted by Crippen LogP contribution is -2.12. The van der Waals surface area contributed by atoms with Gasteiger partial charge in [-0.1, -0.05) is 18.2 Å². The van der Waals surface area contributed by atoms with Crippen LogP contribution in [-0.2, 0) is 4.79 Å². The molecule has 0 aliphatic carbocycles. The van der Waals surface area contributed by atoms with Gasteiger partial charge in [0.25, 0.3) is 5.91 Å². The van der Waals surface area contributed by atoms with Gasteiger partial charge >= 0.3 is 0 Å². The molecule has 5 nitrogen and oxygen atoms in total. The van der Waals surface area contributed by atoms with Gasteiger partial charge in [-0.25, -0.2) is 4.98 Å². The van der Waals surface area contributed by atoms with E-state index < -0.39 is 0 Å². The Morgan fingerprint density at radius 1 is 1.14 bits per heavy atom. The number of anilines is 2. The summed E-state index contributed by atoms with van der Waals surface area (Å²) in [5.74, 6) is -0.332. The zero-order valence-electron chi connectivity index (χ0n) is 11.0. The molecular weight excluding hydrogens is 284 g/mol. The lowest BCUT2D eigenvalue weighted by atomic mass is 10.1. The summed E-state index contributed by atoms with van der Waals surface area (Å²) >= 11 is 1.45. The van der Waals surface area contributed by atoms with E-state index in [1.165, 1.54) is 11.3 Å². The lowest BCUT2D eigenvalue weighted by Gasteiger charge is -1.96. The fourth-order valence-corrected chi connectivity index (χ4v) is 2.88. The SMILES string of the molecule is N=C1C(=O)Nc2ccc3ncsc3c21.Nc1ccccc1. The quantitative estimate of drug-likeness (QED) is 0.557. The van der Waals surface area contributed by atoms with Crippen molar-refractivity contribution in [3.63, 3.8) is 0 Å². The van der Waals surface area contributed by atoms with Gasteiger partial charge in [0.1, 0.15) is 5.71 Å². The molecule has 0 atom stereocenters. The van der Waals surface area contributed by atoms with Crippen LogP contribution < -0.4 is 11.1 Å². The first-order chi connectivity index (χ1) is 10.2. The molecule has 6 heteroatoms. The van der Waals surface area contributed by atoms with Gasteiger partial charge in [-0.2, -0.15) is 0 Å². The summed E-state index contributed by atoms with van der Waals surface area (Å²) in [4.78, 5) is 15.4. The van der Waals surface area contributed by atoms with Crippen molar-refractivity contribution in [1.82, 2.24) is 4.98 Å². The van der Waals surface area contributed by atoms with E-state index in [1.807, 2.05) is 36.4 Å². The summed E-state index contributed by atoms with van der Waals surface area (Å²) < 4.78 is 0.908. The third-order valence-corrected chi connectivity index (χ3v) is 3.88. The molecule has 0 unspecified atom stereocenters. The zero-order chi connectivity index (χ0) is 14.8. The summed E-state index contributed by atoms with van der Waals surface area (Å²) in [6, 6.07) is 13.1. The van der Waals surface area contributed by atoms with E-state index in [1.54, 1.807) is 11.6 Å².